The molecule has 0 aromatic rings. The van der Waals surface area contributed by atoms with Crippen molar-refractivity contribution < 1.29 is 37.6 Å². The maximum Gasteiger partial charge on any atom is 0.472 e. The molecule has 0 aromatic heterocycles. The molecule has 0 aliphatic heterocycles. The standard InChI is InChI=1S/C44H78NO8P/c1-4-6-8-10-12-14-16-18-20-21-23-24-26-28-30-32-34-36-43(46)50-40-42(41-52-54(48,49)51-39-38-45-3)53-44(47)37-35-33-31-29-27-25-22-19-17-15-13-11-9-7-5-2/h7,9,13,15,18-20,22,27,29,42,45H,4-6,8,10-12,14,16-17,21,23-26,28,30-41H2,1-3H3,(H,48,49)/b9-7-,15-13-,20-18-,22-19-,29-27-. The Labute approximate surface area is 330 Å². The van der Waals surface area contributed by atoms with Crippen molar-refractivity contribution in [3.63, 3.8) is 0 Å². The summed E-state index contributed by atoms with van der Waals surface area (Å²) in [6, 6.07) is 0. The number of likely N-dealkylation sites (N-methyl/N-ethyl adjacent to an activating group) is 1. The monoisotopic (exact) mass is 780 g/mol. The molecule has 10 heteroatoms. The lowest BCUT2D eigenvalue weighted by Gasteiger charge is -2.20. The predicted octanol–water partition coefficient (Wildman–Crippen LogP) is 12.0. The summed E-state index contributed by atoms with van der Waals surface area (Å²) in [5.74, 6) is -0.864. The number of esters is 2. The van der Waals surface area contributed by atoms with Crippen molar-refractivity contribution in [3.8, 4) is 0 Å². The molecule has 312 valence electrons. The van der Waals surface area contributed by atoms with E-state index < -0.39 is 26.5 Å². The van der Waals surface area contributed by atoms with E-state index in [9.17, 15) is 19.0 Å². The first-order valence-corrected chi connectivity index (χ1v) is 22.7. The molecule has 0 aliphatic carbocycles. The van der Waals surface area contributed by atoms with Gasteiger partial charge in [-0.15, -0.1) is 0 Å². The van der Waals surface area contributed by atoms with Crippen LogP contribution in [0.5, 0.6) is 0 Å². The number of phosphoric acid groups is 1. The van der Waals surface area contributed by atoms with Crippen LogP contribution in [0.15, 0.2) is 60.8 Å². The minimum atomic E-state index is -4.36. The molecule has 0 bridgehead atoms. The Hall–Kier alpha value is -2.29. The van der Waals surface area contributed by atoms with Crippen LogP contribution in [0.3, 0.4) is 0 Å². The van der Waals surface area contributed by atoms with Gasteiger partial charge in [0.2, 0.25) is 0 Å². The summed E-state index contributed by atoms with van der Waals surface area (Å²) in [7, 11) is -2.67. The average molecular weight is 780 g/mol. The first-order valence-electron chi connectivity index (χ1n) is 21.2. The van der Waals surface area contributed by atoms with Crippen molar-refractivity contribution in [2.75, 3.05) is 33.4 Å². The topological polar surface area (TPSA) is 120 Å². The van der Waals surface area contributed by atoms with Gasteiger partial charge in [0.15, 0.2) is 6.10 Å². The van der Waals surface area contributed by atoms with Crippen LogP contribution < -0.4 is 5.32 Å². The first-order chi connectivity index (χ1) is 26.3. The third kappa shape index (κ3) is 39.4. The lowest BCUT2D eigenvalue weighted by Crippen LogP contribution is -2.29. The Kier molecular flexibility index (Phi) is 38.7. The lowest BCUT2D eigenvalue weighted by molar-refractivity contribution is -0.161. The van der Waals surface area contributed by atoms with Gasteiger partial charge in [-0.1, -0.05) is 139 Å². The highest BCUT2D eigenvalue weighted by Crippen LogP contribution is 2.43. The molecule has 0 aliphatic rings. The molecule has 2 unspecified atom stereocenters. The second kappa shape index (κ2) is 40.4. The summed E-state index contributed by atoms with van der Waals surface area (Å²) in [6.45, 7) is 4.04. The van der Waals surface area contributed by atoms with Crippen molar-refractivity contribution in [1.29, 1.82) is 0 Å². The number of allylic oxidation sites excluding steroid dienone is 10. The Morgan fingerprint density at radius 1 is 0.593 bits per heavy atom. The second-order valence-corrected chi connectivity index (χ2v) is 15.2. The van der Waals surface area contributed by atoms with E-state index >= 15 is 0 Å². The number of nitrogens with one attached hydrogen (secondary N) is 1. The molecule has 0 fully saturated rings. The average Bonchev–Trinajstić information content (AvgIpc) is 3.15. The summed E-state index contributed by atoms with van der Waals surface area (Å²) in [5, 5.41) is 2.82. The number of carbonyl (C=O) groups excluding carboxylic acids is 2. The van der Waals surface area contributed by atoms with Crippen molar-refractivity contribution in [2.24, 2.45) is 0 Å². The van der Waals surface area contributed by atoms with Crippen LogP contribution in [0, 0.1) is 0 Å². The highest BCUT2D eigenvalue weighted by Gasteiger charge is 2.26. The fraction of sp³-hybridized carbons (Fsp3) is 0.727. The van der Waals surface area contributed by atoms with Crippen molar-refractivity contribution in [3.05, 3.63) is 60.8 Å². The number of phosphoric ester groups is 1. The van der Waals surface area contributed by atoms with Crippen LogP contribution in [0.25, 0.3) is 0 Å². The highest BCUT2D eigenvalue weighted by atomic mass is 31.2. The maximum atomic E-state index is 12.6. The zero-order valence-electron chi connectivity index (χ0n) is 34.4. The van der Waals surface area contributed by atoms with Crippen molar-refractivity contribution in [2.45, 2.75) is 174 Å². The van der Waals surface area contributed by atoms with Crippen molar-refractivity contribution >= 4 is 19.8 Å². The molecule has 0 radical (unpaired) electrons. The Balaban J connectivity index is 4.30. The van der Waals surface area contributed by atoms with Gasteiger partial charge in [0, 0.05) is 19.4 Å². The zero-order valence-corrected chi connectivity index (χ0v) is 35.3. The molecule has 0 aromatic carbocycles. The van der Waals surface area contributed by atoms with Crippen LogP contribution in [0.1, 0.15) is 168 Å². The van der Waals surface area contributed by atoms with Gasteiger partial charge in [0.25, 0.3) is 0 Å². The van der Waals surface area contributed by atoms with Gasteiger partial charge in [0.1, 0.15) is 6.61 Å². The second-order valence-electron chi connectivity index (χ2n) is 13.8. The van der Waals surface area contributed by atoms with Gasteiger partial charge in [-0.2, -0.15) is 0 Å². The van der Waals surface area contributed by atoms with E-state index in [1.54, 1.807) is 7.05 Å². The van der Waals surface area contributed by atoms with Crippen LogP contribution in [-0.4, -0.2) is 56.3 Å². The summed E-state index contributed by atoms with van der Waals surface area (Å²) in [5.41, 5.74) is 0. The molecule has 0 amide bonds. The van der Waals surface area contributed by atoms with E-state index in [2.05, 4.69) is 79.9 Å². The third-order valence-electron chi connectivity index (χ3n) is 8.62. The number of hydrogen-bond acceptors (Lipinski definition) is 8. The fourth-order valence-corrected chi connectivity index (χ4v) is 6.17. The SMILES string of the molecule is CC/C=C\C/C=C\C/C=C\C/C=C\CCCCC(=O)OC(COC(=O)CCCCCCCCC/C=C\CCCCCCCC)COP(=O)(O)OCCNC. The fourth-order valence-electron chi connectivity index (χ4n) is 5.42. The summed E-state index contributed by atoms with van der Waals surface area (Å²) >= 11 is 0. The molecule has 0 saturated carbocycles. The van der Waals surface area contributed by atoms with Gasteiger partial charge in [0.05, 0.1) is 13.2 Å². The largest absolute Gasteiger partial charge is 0.472 e. The number of carbonyl (C=O) groups is 2. The third-order valence-corrected chi connectivity index (χ3v) is 9.61. The number of hydrogen-bond donors (Lipinski definition) is 2. The molecular weight excluding hydrogens is 701 g/mol. The lowest BCUT2D eigenvalue weighted by atomic mass is 10.1. The molecule has 0 heterocycles. The Morgan fingerprint density at radius 3 is 1.63 bits per heavy atom. The van der Waals surface area contributed by atoms with Gasteiger partial charge in [-0.25, -0.2) is 4.57 Å². The molecular formula is C44H78NO8P. The maximum absolute atomic E-state index is 12.6. The number of unbranched alkanes of at least 4 members (excludes halogenated alkanes) is 15. The van der Waals surface area contributed by atoms with E-state index in [0.717, 1.165) is 70.6 Å². The van der Waals surface area contributed by atoms with Gasteiger partial charge in [-0.05, 0) is 84.1 Å². The van der Waals surface area contributed by atoms with Crippen molar-refractivity contribution in [1.82, 2.24) is 5.32 Å². The summed E-state index contributed by atoms with van der Waals surface area (Å²) < 4.78 is 33.1. The van der Waals surface area contributed by atoms with Crippen LogP contribution in [0.4, 0.5) is 0 Å². The quantitative estimate of drug-likeness (QED) is 0.0272. The minimum Gasteiger partial charge on any atom is -0.462 e. The highest BCUT2D eigenvalue weighted by molar-refractivity contribution is 7.47. The Morgan fingerprint density at radius 2 is 1.06 bits per heavy atom. The van der Waals surface area contributed by atoms with E-state index in [4.69, 9.17) is 18.5 Å². The summed E-state index contributed by atoms with van der Waals surface area (Å²) in [6.07, 6.45) is 45.5. The molecule has 0 spiro atoms. The van der Waals surface area contributed by atoms with Gasteiger partial charge < -0.3 is 19.7 Å². The van der Waals surface area contributed by atoms with E-state index in [1.165, 1.54) is 64.2 Å². The predicted molar refractivity (Wildman–Crippen MR) is 224 cm³/mol. The molecule has 0 rings (SSSR count). The minimum absolute atomic E-state index is 0.0281. The molecule has 2 atom stereocenters. The zero-order chi connectivity index (χ0) is 39.6. The molecule has 2 N–H and O–H groups in total. The van der Waals surface area contributed by atoms with E-state index in [1.807, 2.05) is 0 Å². The number of ether oxygens (including phenoxy) is 2. The molecule has 9 nitrogen and oxygen atoms in total. The van der Waals surface area contributed by atoms with Gasteiger partial charge in [-0.3, -0.25) is 18.6 Å². The van der Waals surface area contributed by atoms with E-state index in [0.29, 0.717) is 13.0 Å². The molecule has 54 heavy (non-hydrogen) atoms. The smallest absolute Gasteiger partial charge is 0.462 e. The Bertz CT molecular complexity index is 1070. The van der Waals surface area contributed by atoms with Gasteiger partial charge >= 0.3 is 19.8 Å². The van der Waals surface area contributed by atoms with Crippen LogP contribution in [-0.2, 0) is 32.7 Å². The normalized spacial score (nSPS) is 13.9. The first kappa shape index (κ1) is 51.7. The van der Waals surface area contributed by atoms with Crippen LogP contribution >= 0.6 is 7.82 Å². The van der Waals surface area contributed by atoms with Crippen LogP contribution in [0.2, 0.25) is 0 Å². The summed E-state index contributed by atoms with van der Waals surface area (Å²) in [4.78, 5) is 35.0. The van der Waals surface area contributed by atoms with E-state index in [-0.39, 0.29) is 32.0 Å². The molecule has 0 saturated heterocycles. The number of rotatable bonds is 39.